The summed E-state index contributed by atoms with van der Waals surface area (Å²) in [7, 11) is 0. The first-order valence-electron chi connectivity index (χ1n) is 7.01. The van der Waals surface area contributed by atoms with Crippen LogP contribution in [0.1, 0.15) is 24.0 Å². The van der Waals surface area contributed by atoms with Gasteiger partial charge in [0, 0.05) is 17.5 Å². The highest BCUT2D eigenvalue weighted by Gasteiger charge is 2.18. The molecule has 0 fully saturated rings. The van der Waals surface area contributed by atoms with E-state index in [4.69, 9.17) is 11.6 Å². The predicted octanol–water partition coefficient (Wildman–Crippen LogP) is 4.55. The van der Waals surface area contributed by atoms with E-state index in [9.17, 15) is 8.78 Å². The maximum atomic E-state index is 13.9. The molecule has 0 spiro atoms. The molecule has 112 valence electrons. The monoisotopic (exact) mass is 309 g/mol. The molecule has 0 heterocycles. The number of nitrogens with one attached hydrogen (secondary N) is 1. The predicted molar refractivity (Wildman–Crippen MR) is 82.8 cm³/mol. The zero-order valence-corrected chi connectivity index (χ0v) is 12.6. The van der Waals surface area contributed by atoms with Gasteiger partial charge in [0.15, 0.2) is 11.6 Å². The van der Waals surface area contributed by atoms with Gasteiger partial charge >= 0.3 is 0 Å². The fourth-order valence-electron chi connectivity index (χ4n) is 2.39. The van der Waals surface area contributed by atoms with E-state index >= 15 is 0 Å². The Labute approximate surface area is 128 Å². The molecule has 1 nitrogen and oxygen atoms in total. The van der Waals surface area contributed by atoms with E-state index in [2.05, 4.69) is 5.32 Å². The molecule has 0 saturated heterocycles. The highest BCUT2D eigenvalue weighted by Crippen LogP contribution is 2.28. The molecule has 2 aromatic carbocycles. The lowest BCUT2D eigenvalue weighted by Crippen LogP contribution is -2.23. The zero-order chi connectivity index (χ0) is 15.2. The van der Waals surface area contributed by atoms with Crippen LogP contribution in [0.3, 0.4) is 0 Å². The number of rotatable bonds is 6. The molecule has 1 N–H and O–H groups in total. The third-order valence-electron chi connectivity index (χ3n) is 3.48. The summed E-state index contributed by atoms with van der Waals surface area (Å²) in [6, 6.07) is 11.8. The van der Waals surface area contributed by atoms with Crippen LogP contribution in [0.4, 0.5) is 8.78 Å². The van der Waals surface area contributed by atoms with Crippen LogP contribution in [-0.2, 0) is 6.42 Å². The molecule has 0 aromatic heterocycles. The number of hydrogen-bond donors (Lipinski definition) is 1. The molecular weight excluding hydrogens is 292 g/mol. The average molecular weight is 310 g/mol. The van der Waals surface area contributed by atoms with E-state index in [-0.39, 0.29) is 5.92 Å². The van der Waals surface area contributed by atoms with Crippen molar-refractivity contribution in [3.05, 3.63) is 70.2 Å². The van der Waals surface area contributed by atoms with Gasteiger partial charge in [-0.1, -0.05) is 48.9 Å². The fraction of sp³-hybridized carbons (Fsp3) is 0.294. The largest absolute Gasteiger partial charge is 0.316 e. The Morgan fingerprint density at radius 3 is 2.57 bits per heavy atom. The van der Waals surface area contributed by atoms with Gasteiger partial charge in [-0.3, -0.25) is 0 Å². The molecule has 0 saturated carbocycles. The Hall–Kier alpha value is -1.45. The first-order chi connectivity index (χ1) is 10.1. The molecule has 1 atom stereocenters. The first-order valence-corrected chi connectivity index (χ1v) is 7.39. The van der Waals surface area contributed by atoms with Crippen LogP contribution >= 0.6 is 11.6 Å². The van der Waals surface area contributed by atoms with Crippen molar-refractivity contribution in [1.29, 1.82) is 0 Å². The van der Waals surface area contributed by atoms with Crippen LogP contribution in [0.25, 0.3) is 0 Å². The molecule has 2 aromatic rings. The molecular formula is C17H18ClF2N. The minimum Gasteiger partial charge on any atom is -0.316 e. The van der Waals surface area contributed by atoms with Crippen molar-refractivity contribution in [2.45, 2.75) is 19.3 Å². The summed E-state index contributed by atoms with van der Waals surface area (Å²) in [6.07, 6.45) is 0.403. The summed E-state index contributed by atoms with van der Waals surface area (Å²) in [5, 5.41) is 3.90. The second kappa shape index (κ2) is 7.53. The summed E-state index contributed by atoms with van der Waals surface area (Å²) in [5.74, 6) is -1.59. The topological polar surface area (TPSA) is 12.0 Å². The highest BCUT2D eigenvalue weighted by molar-refractivity contribution is 6.31. The van der Waals surface area contributed by atoms with Gasteiger partial charge in [0.1, 0.15) is 0 Å². The smallest absolute Gasteiger partial charge is 0.162 e. The second-order valence-corrected chi connectivity index (χ2v) is 5.35. The van der Waals surface area contributed by atoms with Crippen molar-refractivity contribution >= 4 is 11.6 Å². The molecule has 21 heavy (non-hydrogen) atoms. The summed E-state index contributed by atoms with van der Waals surface area (Å²) in [5.41, 5.74) is 1.32. The summed E-state index contributed by atoms with van der Waals surface area (Å²) in [4.78, 5) is 0. The summed E-state index contributed by atoms with van der Waals surface area (Å²) in [6.45, 7) is 3.48. The molecule has 0 aliphatic heterocycles. The molecule has 4 heteroatoms. The lowest BCUT2D eigenvalue weighted by atomic mass is 9.91. The second-order valence-electron chi connectivity index (χ2n) is 4.94. The van der Waals surface area contributed by atoms with E-state index in [0.717, 1.165) is 18.2 Å². The molecule has 0 amide bonds. The third kappa shape index (κ3) is 4.02. The third-order valence-corrected chi connectivity index (χ3v) is 3.83. The highest BCUT2D eigenvalue weighted by atomic mass is 35.5. The van der Waals surface area contributed by atoms with Crippen molar-refractivity contribution in [3.63, 3.8) is 0 Å². The maximum Gasteiger partial charge on any atom is 0.162 e. The number of halogens is 3. The SMILES string of the molecule is CCNCC(Cc1cccc(F)c1F)c1ccccc1Cl. The summed E-state index contributed by atoms with van der Waals surface area (Å²) < 4.78 is 27.2. The van der Waals surface area contributed by atoms with Crippen molar-refractivity contribution in [1.82, 2.24) is 5.32 Å². The molecule has 2 rings (SSSR count). The van der Waals surface area contributed by atoms with E-state index in [1.165, 1.54) is 6.07 Å². The minimum atomic E-state index is -0.811. The quantitative estimate of drug-likeness (QED) is 0.825. The standard InChI is InChI=1S/C17H18ClF2N/c1-2-21-11-13(14-7-3-4-8-15(14)18)10-12-6-5-9-16(19)17(12)20/h3-9,13,21H,2,10-11H2,1H3. The van der Waals surface area contributed by atoms with Crippen LogP contribution in [0, 0.1) is 11.6 Å². The van der Waals surface area contributed by atoms with Crippen molar-refractivity contribution in [2.75, 3.05) is 13.1 Å². The Morgan fingerprint density at radius 1 is 1.10 bits per heavy atom. The van der Waals surface area contributed by atoms with Crippen molar-refractivity contribution < 1.29 is 8.78 Å². The molecule has 0 radical (unpaired) electrons. The van der Waals surface area contributed by atoms with Crippen LogP contribution in [-0.4, -0.2) is 13.1 Å². The van der Waals surface area contributed by atoms with Crippen LogP contribution in [0.5, 0.6) is 0 Å². The Morgan fingerprint density at radius 2 is 1.86 bits per heavy atom. The molecule has 0 aliphatic rings. The maximum absolute atomic E-state index is 13.9. The van der Waals surface area contributed by atoms with E-state index in [0.29, 0.717) is 23.6 Å². The number of likely N-dealkylation sites (N-methyl/N-ethyl adjacent to an activating group) is 1. The number of benzene rings is 2. The van der Waals surface area contributed by atoms with Gasteiger partial charge in [0.05, 0.1) is 0 Å². The lowest BCUT2D eigenvalue weighted by molar-refractivity contribution is 0.490. The molecule has 0 aliphatic carbocycles. The Kier molecular flexibility index (Phi) is 5.71. The summed E-state index contributed by atoms with van der Waals surface area (Å²) >= 11 is 6.24. The van der Waals surface area contributed by atoms with Crippen molar-refractivity contribution in [2.24, 2.45) is 0 Å². The van der Waals surface area contributed by atoms with Gasteiger partial charge < -0.3 is 5.32 Å². The van der Waals surface area contributed by atoms with Gasteiger partial charge in [-0.05, 0) is 36.2 Å². The fourth-order valence-corrected chi connectivity index (χ4v) is 2.68. The van der Waals surface area contributed by atoms with Crippen LogP contribution < -0.4 is 5.32 Å². The van der Waals surface area contributed by atoms with Crippen LogP contribution in [0.2, 0.25) is 5.02 Å². The van der Waals surface area contributed by atoms with Crippen molar-refractivity contribution in [3.8, 4) is 0 Å². The van der Waals surface area contributed by atoms with Gasteiger partial charge in [-0.2, -0.15) is 0 Å². The normalized spacial score (nSPS) is 12.4. The zero-order valence-electron chi connectivity index (χ0n) is 11.9. The Balaban J connectivity index is 2.28. The van der Waals surface area contributed by atoms with Gasteiger partial charge in [0.25, 0.3) is 0 Å². The molecule has 1 unspecified atom stereocenters. The van der Waals surface area contributed by atoms with E-state index in [1.807, 2.05) is 31.2 Å². The minimum absolute atomic E-state index is 0.00468. The van der Waals surface area contributed by atoms with Gasteiger partial charge in [-0.25, -0.2) is 8.78 Å². The lowest BCUT2D eigenvalue weighted by Gasteiger charge is -2.19. The Bertz CT molecular complexity index is 601. The molecule has 0 bridgehead atoms. The first kappa shape index (κ1) is 15.9. The van der Waals surface area contributed by atoms with E-state index < -0.39 is 11.6 Å². The van der Waals surface area contributed by atoms with Gasteiger partial charge in [-0.15, -0.1) is 0 Å². The van der Waals surface area contributed by atoms with Crippen LogP contribution in [0.15, 0.2) is 42.5 Å². The number of hydrogen-bond acceptors (Lipinski definition) is 1. The van der Waals surface area contributed by atoms with E-state index in [1.54, 1.807) is 6.07 Å². The average Bonchev–Trinajstić information content (AvgIpc) is 2.48. The van der Waals surface area contributed by atoms with Gasteiger partial charge in [0.2, 0.25) is 0 Å².